The zero-order chi connectivity index (χ0) is 60.3. The maximum Gasteiger partial charge on any atom is 0.408 e. The number of nitrogens with zero attached hydrogens (tertiary/aromatic N) is 7. The Morgan fingerprint density at radius 2 is 1.35 bits per heavy atom. The Hall–Kier alpha value is -7.33. The SMILES string of the molecule is CC(C)(C(NC(=O)OC1COC1)C(=O)N[C@@H](Cc1ccc(C#Cc2cnc(N3CC4CCC(C3)N4C3COC3)nc2)cc1)[C@@H](O)CN(Cc1c(F)cc(-c2ccn(C(F)F)n2)cc1F)NC(=O)[C@@H](NC(=O)O)C(C)(C)C(F)(F)F)C(F)(F)F. The van der Waals surface area contributed by atoms with Gasteiger partial charge in [-0.2, -0.15) is 40.2 Å². The number of alkyl halides is 8. The topological polar surface area (TPSA) is 238 Å². The average molecular weight is 1180 g/mol. The molecule has 0 radical (unpaired) electrons. The van der Waals surface area contributed by atoms with Crippen LogP contribution in [-0.4, -0.2) is 171 Å². The highest BCUT2D eigenvalue weighted by molar-refractivity contribution is 5.87. The largest absolute Gasteiger partial charge is 0.465 e. The van der Waals surface area contributed by atoms with Crippen LogP contribution >= 0.6 is 0 Å². The number of hydrogen-bond donors (Lipinski definition) is 6. The summed E-state index contributed by atoms with van der Waals surface area (Å²) in [5.41, 5.74) is -4.88. The number of rotatable bonds is 20. The summed E-state index contributed by atoms with van der Waals surface area (Å²) in [4.78, 5) is 66.8. The molecule has 0 saturated carbocycles. The van der Waals surface area contributed by atoms with Gasteiger partial charge in [0, 0.05) is 73.5 Å². The minimum Gasteiger partial charge on any atom is -0.465 e. The van der Waals surface area contributed by atoms with Crippen molar-refractivity contribution in [2.24, 2.45) is 10.8 Å². The van der Waals surface area contributed by atoms with E-state index in [2.05, 4.69) is 42.0 Å². The van der Waals surface area contributed by atoms with Crippen LogP contribution in [0.5, 0.6) is 0 Å². The van der Waals surface area contributed by atoms with Crippen LogP contribution in [0.25, 0.3) is 11.3 Å². The van der Waals surface area contributed by atoms with Crippen molar-refractivity contribution in [3.8, 4) is 23.1 Å². The monoisotopic (exact) mass is 1180 g/mol. The Kier molecular flexibility index (Phi) is 18.5. The third-order valence-corrected chi connectivity index (χ3v) is 15.2. The van der Waals surface area contributed by atoms with E-state index in [0.29, 0.717) is 80.0 Å². The highest BCUT2D eigenvalue weighted by Crippen LogP contribution is 2.42. The average Bonchev–Trinajstić information content (AvgIpc) is 2.73. The molecule has 4 aliphatic rings. The van der Waals surface area contributed by atoms with Gasteiger partial charge in [0.2, 0.25) is 11.9 Å². The number of carbonyl (C=O) groups is 4. The maximum absolute atomic E-state index is 16.1. The Labute approximate surface area is 468 Å². The first-order valence-electron chi connectivity index (χ1n) is 26.1. The van der Waals surface area contributed by atoms with E-state index in [4.69, 9.17) is 14.2 Å². The van der Waals surface area contributed by atoms with Crippen molar-refractivity contribution in [3.63, 3.8) is 0 Å². The first-order valence-corrected chi connectivity index (χ1v) is 26.1. The van der Waals surface area contributed by atoms with Gasteiger partial charge in [-0.3, -0.25) is 19.9 Å². The number of ether oxygens (including phenoxy) is 3. The normalized spacial score (nSPS) is 19.4. The highest BCUT2D eigenvalue weighted by Gasteiger charge is 2.57. The fourth-order valence-electron chi connectivity index (χ4n) is 9.91. The van der Waals surface area contributed by atoms with Crippen LogP contribution in [0.2, 0.25) is 0 Å². The third-order valence-electron chi connectivity index (χ3n) is 15.2. The first kappa shape index (κ1) is 61.7. The van der Waals surface area contributed by atoms with Crippen LogP contribution in [0, 0.1) is 34.3 Å². The molecule has 6 atom stereocenters. The van der Waals surface area contributed by atoms with E-state index >= 15 is 8.78 Å². The zero-order valence-corrected chi connectivity index (χ0v) is 44.9. The van der Waals surface area contributed by atoms with Crippen molar-refractivity contribution in [2.75, 3.05) is 51.0 Å². The number of alkyl carbamates (subject to hydrolysis) is 1. The van der Waals surface area contributed by atoms with Crippen LogP contribution in [0.3, 0.4) is 0 Å². The van der Waals surface area contributed by atoms with E-state index < -0.39 is 121 Å². The summed E-state index contributed by atoms with van der Waals surface area (Å²) in [6.45, 7) is -0.580. The van der Waals surface area contributed by atoms with Crippen molar-refractivity contribution in [3.05, 3.63) is 94.9 Å². The molecule has 30 heteroatoms. The van der Waals surface area contributed by atoms with Crippen LogP contribution in [0.4, 0.5) is 59.4 Å². The lowest BCUT2D eigenvalue weighted by Gasteiger charge is -2.47. The number of fused-ring (bicyclic) bond motifs is 2. The number of anilines is 1. The molecule has 4 amide bonds. The Morgan fingerprint density at radius 1 is 0.783 bits per heavy atom. The number of nitrogens with one attached hydrogen (secondary N) is 4. The molecule has 2 aromatic heterocycles. The van der Waals surface area contributed by atoms with Crippen molar-refractivity contribution in [1.29, 1.82) is 0 Å². The van der Waals surface area contributed by atoms with Gasteiger partial charge in [0.25, 0.3) is 5.91 Å². The summed E-state index contributed by atoms with van der Waals surface area (Å²) in [5, 5.41) is 31.3. The number of benzene rings is 2. The predicted molar refractivity (Wildman–Crippen MR) is 272 cm³/mol. The molecule has 450 valence electrons. The smallest absolute Gasteiger partial charge is 0.408 e. The van der Waals surface area contributed by atoms with Gasteiger partial charge in [-0.1, -0.05) is 24.0 Å². The van der Waals surface area contributed by atoms with Gasteiger partial charge in [-0.25, -0.2) is 38.0 Å². The minimum absolute atomic E-state index is 0.0955. The van der Waals surface area contributed by atoms with Gasteiger partial charge in [-0.05, 0) is 82.9 Å². The van der Waals surface area contributed by atoms with Crippen LogP contribution in [0.1, 0.15) is 69.3 Å². The molecule has 3 unspecified atom stereocenters. The molecule has 2 aromatic carbocycles. The number of piperazine rings is 1. The molecule has 4 saturated heterocycles. The number of hydrazine groups is 1. The van der Waals surface area contributed by atoms with Gasteiger partial charge in [0.05, 0.1) is 66.7 Å². The lowest BCUT2D eigenvalue weighted by molar-refractivity contribution is -0.221. The second kappa shape index (κ2) is 24.9. The van der Waals surface area contributed by atoms with Crippen LogP contribution in [-0.2, 0) is 36.8 Å². The summed E-state index contributed by atoms with van der Waals surface area (Å²) in [7, 11) is 0. The lowest BCUT2D eigenvalue weighted by atomic mass is 9.82. The van der Waals surface area contributed by atoms with Crippen molar-refractivity contribution >= 4 is 29.9 Å². The van der Waals surface area contributed by atoms with Gasteiger partial charge in [-0.15, -0.1) is 0 Å². The van der Waals surface area contributed by atoms with E-state index in [1.807, 2.05) is 10.7 Å². The van der Waals surface area contributed by atoms with E-state index in [9.17, 15) is 64.5 Å². The maximum atomic E-state index is 16.1. The van der Waals surface area contributed by atoms with E-state index in [0.717, 1.165) is 51.4 Å². The minimum atomic E-state index is -5.29. The Morgan fingerprint density at radius 3 is 1.86 bits per heavy atom. The zero-order valence-electron chi connectivity index (χ0n) is 44.9. The van der Waals surface area contributed by atoms with Gasteiger partial charge in [0.15, 0.2) is 6.10 Å². The number of carboxylic acid groups (broad SMARTS) is 1. The quantitative estimate of drug-likeness (QED) is 0.0354. The van der Waals surface area contributed by atoms with Crippen molar-refractivity contribution in [2.45, 2.75) is 121 Å². The lowest BCUT2D eigenvalue weighted by Crippen LogP contribution is -2.64. The van der Waals surface area contributed by atoms with E-state index in [-0.39, 0.29) is 34.7 Å². The molecule has 2 bridgehead atoms. The Bertz CT molecular complexity index is 3000. The Balaban J connectivity index is 1.08. The molecule has 83 heavy (non-hydrogen) atoms. The fourth-order valence-corrected chi connectivity index (χ4v) is 9.91. The molecule has 4 aliphatic heterocycles. The molecule has 8 rings (SSSR count). The third kappa shape index (κ3) is 14.4. The second-order valence-corrected chi connectivity index (χ2v) is 21.7. The summed E-state index contributed by atoms with van der Waals surface area (Å²) >= 11 is 0. The number of aliphatic hydroxyl groups excluding tert-OH is 1. The van der Waals surface area contributed by atoms with Gasteiger partial charge < -0.3 is 45.3 Å². The van der Waals surface area contributed by atoms with E-state index in [1.165, 1.54) is 29.6 Å². The first-order chi connectivity index (χ1) is 39.0. The number of carbonyl (C=O) groups excluding carboxylic acids is 3. The predicted octanol–water partition coefficient (Wildman–Crippen LogP) is 5.69. The highest BCUT2D eigenvalue weighted by atomic mass is 19.4. The molecule has 6 N–H and O–H groups in total. The van der Waals surface area contributed by atoms with Gasteiger partial charge in [0.1, 0.15) is 23.7 Å². The van der Waals surface area contributed by atoms with Crippen LogP contribution in [0.15, 0.2) is 61.1 Å². The summed E-state index contributed by atoms with van der Waals surface area (Å²) in [6, 6.07) is 2.38. The van der Waals surface area contributed by atoms with Crippen molar-refractivity contribution in [1.82, 2.24) is 51.0 Å². The molecule has 4 aromatic rings. The molecule has 4 fully saturated rings. The van der Waals surface area contributed by atoms with Crippen LogP contribution < -0.4 is 26.3 Å². The number of aromatic nitrogens is 4. The number of amides is 4. The molecular formula is C53H59F10N11O9. The summed E-state index contributed by atoms with van der Waals surface area (Å²) in [5.74, 6) is 0.243. The fraction of sp³-hybridized carbons (Fsp3) is 0.528. The summed E-state index contributed by atoms with van der Waals surface area (Å²) in [6.07, 6.45) is -11.5. The van der Waals surface area contributed by atoms with E-state index in [1.54, 1.807) is 12.4 Å². The number of halogens is 10. The molecule has 0 spiro atoms. The molecule has 6 heterocycles. The second-order valence-electron chi connectivity index (χ2n) is 21.7. The summed E-state index contributed by atoms with van der Waals surface area (Å²) < 4.78 is 162. The molecular weight excluding hydrogens is 1120 g/mol. The molecule has 20 nitrogen and oxygen atoms in total. The number of aliphatic hydroxyl groups is 1. The van der Waals surface area contributed by atoms with Gasteiger partial charge >= 0.3 is 31.1 Å². The molecule has 0 aliphatic carbocycles. The standard InChI is InChI=1S/C53H59F10N11O9/c1-50(2,52(58,59)60)42(68-49(80)83-35-26-82-27-35)44(76)66-40(15-29-8-5-28(6-9-29)7-10-30-18-64-47(65-19-30)71-20-32-11-12-33(21-71)74(32)34-24-81-25-34)41(75)23-72(70-45(77)43(67-48(78)79)51(3,4)53(61,62)63)22-36-37(54)16-31(17-38(36)55)39-13-14-73(69-39)46(56)57/h5-6,8-9,13-14,16-19,32-35,40-43,46,67,75H,11-12,15,20-27H2,1-4H3,(H,66,76)(H,68,80)(H,70,77)(H,78,79)/t32?,33?,40-,41-,42?,43+/m0/s1. The van der Waals surface area contributed by atoms with Crippen molar-refractivity contribution < 1.29 is 87.5 Å². The number of hydrogen-bond acceptors (Lipinski definition) is 14.